The average molecular weight is 372 g/mol. The van der Waals surface area contributed by atoms with Crippen molar-refractivity contribution in [3.8, 4) is 0 Å². The summed E-state index contributed by atoms with van der Waals surface area (Å²) in [7, 11) is -2.04. The van der Waals surface area contributed by atoms with Gasteiger partial charge in [0.1, 0.15) is 5.82 Å². The van der Waals surface area contributed by atoms with Crippen molar-refractivity contribution in [3.63, 3.8) is 0 Å². The van der Waals surface area contributed by atoms with Gasteiger partial charge >= 0.3 is 0 Å². The van der Waals surface area contributed by atoms with Gasteiger partial charge in [0.2, 0.25) is 15.9 Å². The Labute approximate surface area is 148 Å². The number of sulfonamides is 1. The second kappa shape index (κ2) is 8.73. The molecular formula is C17H25FN2O4S. The molecule has 0 spiro atoms. The molecular weight excluding hydrogens is 347 g/mol. The fourth-order valence-corrected chi connectivity index (χ4v) is 4.41. The summed E-state index contributed by atoms with van der Waals surface area (Å²) in [4.78, 5) is 12.2. The summed E-state index contributed by atoms with van der Waals surface area (Å²) in [6, 6.07) is 3.80. The lowest BCUT2D eigenvalue weighted by atomic mass is 9.97. The lowest BCUT2D eigenvalue weighted by Crippen LogP contribution is -2.43. The standard InChI is InChI=1S/C17H25FN2O4S/c1-13-12-15(4-5-16(13)18)25(22,23)20-9-6-14(7-10-20)17(21)19-8-3-11-24-2/h4-5,12,14H,3,6-11H2,1-2H3,(H,19,21). The molecule has 1 saturated heterocycles. The topological polar surface area (TPSA) is 75.7 Å². The van der Waals surface area contributed by atoms with E-state index in [9.17, 15) is 17.6 Å². The molecule has 1 aromatic carbocycles. The van der Waals surface area contributed by atoms with Crippen LogP contribution in [0.15, 0.2) is 23.1 Å². The van der Waals surface area contributed by atoms with Gasteiger partial charge < -0.3 is 10.1 Å². The molecule has 0 unspecified atom stereocenters. The van der Waals surface area contributed by atoms with Crippen molar-refractivity contribution < 1.29 is 22.3 Å². The molecule has 0 aromatic heterocycles. The van der Waals surface area contributed by atoms with E-state index in [0.29, 0.717) is 31.6 Å². The number of nitrogens with zero attached hydrogens (tertiary/aromatic N) is 1. The maximum absolute atomic E-state index is 13.4. The van der Waals surface area contributed by atoms with Gasteiger partial charge in [-0.1, -0.05) is 0 Å². The fraction of sp³-hybridized carbons (Fsp3) is 0.588. The van der Waals surface area contributed by atoms with Crippen molar-refractivity contribution in [3.05, 3.63) is 29.6 Å². The van der Waals surface area contributed by atoms with Gasteiger partial charge in [-0.3, -0.25) is 4.79 Å². The van der Waals surface area contributed by atoms with E-state index in [2.05, 4.69) is 5.32 Å². The van der Waals surface area contributed by atoms with Crippen LogP contribution in [0.3, 0.4) is 0 Å². The van der Waals surface area contributed by atoms with E-state index >= 15 is 0 Å². The molecule has 1 heterocycles. The number of methoxy groups -OCH3 is 1. The average Bonchev–Trinajstić information content (AvgIpc) is 2.61. The van der Waals surface area contributed by atoms with Crippen molar-refractivity contribution in [2.75, 3.05) is 33.4 Å². The van der Waals surface area contributed by atoms with E-state index in [-0.39, 0.29) is 29.8 Å². The first-order chi connectivity index (χ1) is 11.9. The van der Waals surface area contributed by atoms with E-state index in [1.54, 1.807) is 7.11 Å². The molecule has 0 saturated carbocycles. The fourth-order valence-electron chi connectivity index (χ4n) is 2.86. The SMILES string of the molecule is COCCCNC(=O)C1CCN(S(=O)(=O)c2ccc(F)c(C)c2)CC1. The van der Waals surface area contributed by atoms with Gasteiger partial charge in [-0.25, -0.2) is 12.8 Å². The van der Waals surface area contributed by atoms with Crippen LogP contribution in [0.25, 0.3) is 0 Å². The third-order valence-electron chi connectivity index (χ3n) is 4.42. The first-order valence-electron chi connectivity index (χ1n) is 8.39. The highest BCUT2D eigenvalue weighted by atomic mass is 32.2. The zero-order valence-corrected chi connectivity index (χ0v) is 15.4. The third kappa shape index (κ3) is 4.99. The number of hydrogen-bond donors (Lipinski definition) is 1. The molecule has 25 heavy (non-hydrogen) atoms. The van der Waals surface area contributed by atoms with Gasteiger partial charge in [-0.15, -0.1) is 0 Å². The van der Waals surface area contributed by atoms with Crippen molar-refractivity contribution in [1.82, 2.24) is 9.62 Å². The summed E-state index contributed by atoms with van der Waals surface area (Å²) in [5, 5.41) is 2.86. The number of hydrogen-bond acceptors (Lipinski definition) is 4. The zero-order valence-electron chi connectivity index (χ0n) is 14.6. The number of piperidine rings is 1. The van der Waals surface area contributed by atoms with Crippen molar-refractivity contribution in [2.24, 2.45) is 5.92 Å². The highest BCUT2D eigenvalue weighted by Gasteiger charge is 2.32. The number of rotatable bonds is 7. The number of nitrogens with one attached hydrogen (secondary N) is 1. The maximum Gasteiger partial charge on any atom is 0.243 e. The minimum Gasteiger partial charge on any atom is -0.385 e. The normalized spacial score (nSPS) is 16.8. The van der Waals surface area contributed by atoms with E-state index < -0.39 is 15.8 Å². The molecule has 0 aliphatic carbocycles. The molecule has 0 bridgehead atoms. The van der Waals surface area contributed by atoms with Crippen LogP contribution in [-0.2, 0) is 19.6 Å². The van der Waals surface area contributed by atoms with E-state index in [1.807, 2.05) is 0 Å². The van der Waals surface area contributed by atoms with Crippen LogP contribution in [0.5, 0.6) is 0 Å². The number of amides is 1. The van der Waals surface area contributed by atoms with Crippen LogP contribution in [-0.4, -0.2) is 52.0 Å². The number of aryl methyl sites for hydroxylation is 1. The lowest BCUT2D eigenvalue weighted by molar-refractivity contribution is -0.126. The first-order valence-corrected chi connectivity index (χ1v) is 9.83. The van der Waals surface area contributed by atoms with Gasteiger partial charge in [0.25, 0.3) is 0 Å². The monoisotopic (exact) mass is 372 g/mol. The molecule has 1 N–H and O–H groups in total. The predicted molar refractivity (Wildman–Crippen MR) is 92.1 cm³/mol. The van der Waals surface area contributed by atoms with Crippen LogP contribution in [0.2, 0.25) is 0 Å². The highest BCUT2D eigenvalue weighted by Crippen LogP contribution is 2.25. The lowest BCUT2D eigenvalue weighted by Gasteiger charge is -2.30. The molecule has 0 radical (unpaired) electrons. The minimum absolute atomic E-state index is 0.0363. The zero-order chi connectivity index (χ0) is 18.4. The Kier molecular flexibility index (Phi) is 6.92. The summed E-state index contributed by atoms with van der Waals surface area (Å²) < 4.78 is 45.0. The van der Waals surface area contributed by atoms with Crippen molar-refractivity contribution >= 4 is 15.9 Å². The second-order valence-electron chi connectivity index (χ2n) is 6.23. The number of carbonyl (C=O) groups excluding carboxylic acids is 1. The van der Waals surface area contributed by atoms with Gasteiger partial charge in [0, 0.05) is 39.3 Å². The molecule has 0 atom stereocenters. The largest absolute Gasteiger partial charge is 0.385 e. The number of carbonyl (C=O) groups is 1. The Balaban J connectivity index is 1.92. The van der Waals surface area contributed by atoms with Crippen LogP contribution >= 0.6 is 0 Å². The van der Waals surface area contributed by atoms with Crippen molar-refractivity contribution in [1.29, 1.82) is 0 Å². The van der Waals surface area contributed by atoms with Crippen LogP contribution in [0.4, 0.5) is 4.39 Å². The predicted octanol–water partition coefficient (Wildman–Crippen LogP) is 1.69. The Morgan fingerprint density at radius 1 is 1.36 bits per heavy atom. The maximum atomic E-state index is 13.4. The van der Waals surface area contributed by atoms with E-state index in [1.165, 1.54) is 29.4 Å². The van der Waals surface area contributed by atoms with Crippen LogP contribution in [0, 0.1) is 18.7 Å². The molecule has 6 nitrogen and oxygen atoms in total. The Morgan fingerprint density at radius 3 is 2.64 bits per heavy atom. The summed E-state index contributed by atoms with van der Waals surface area (Å²) in [5.74, 6) is -0.641. The summed E-state index contributed by atoms with van der Waals surface area (Å²) in [6.45, 7) is 3.26. The first kappa shape index (κ1) is 19.8. The summed E-state index contributed by atoms with van der Waals surface area (Å²) in [5.41, 5.74) is 0.298. The number of ether oxygens (including phenoxy) is 1. The van der Waals surface area contributed by atoms with Crippen LogP contribution < -0.4 is 5.32 Å². The molecule has 2 rings (SSSR count). The van der Waals surface area contributed by atoms with Gasteiger partial charge in [0.15, 0.2) is 0 Å². The highest BCUT2D eigenvalue weighted by molar-refractivity contribution is 7.89. The second-order valence-corrected chi connectivity index (χ2v) is 8.16. The smallest absolute Gasteiger partial charge is 0.243 e. The minimum atomic E-state index is -3.66. The molecule has 8 heteroatoms. The molecule has 1 aromatic rings. The summed E-state index contributed by atoms with van der Waals surface area (Å²) in [6.07, 6.45) is 1.71. The molecule has 1 aliphatic rings. The summed E-state index contributed by atoms with van der Waals surface area (Å²) >= 11 is 0. The Bertz CT molecular complexity index is 701. The number of halogens is 1. The molecule has 140 valence electrons. The van der Waals surface area contributed by atoms with Gasteiger partial charge in [-0.05, 0) is 49.9 Å². The van der Waals surface area contributed by atoms with Crippen LogP contribution in [0.1, 0.15) is 24.8 Å². The third-order valence-corrected chi connectivity index (χ3v) is 6.31. The number of benzene rings is 1. The quantitative estimate of drug-likeness (QED) is 0.739. The van der Waals surface area contributed by atoms with Crippen molar-refractivity contribution in [2.45, 2.75) is 31.1 Å². The van der Waals surface area contributed by atoms with Gasteiger partial charge in [-0.2, -0.15) is 4.31 Å². The Hall–Kier alpha value is -1.51. The molecule has 1 amide bonds. The molecule has 1 fully saturated rings. The van der Waals surface area contributed by atoms with E-state index in [0.717, 1.165) is 6.42 Å². The van der Waals surface area contributed by atoms with E-state index in [4.69, 9.17) is 4.74 Å². The van der Waals surface area contributed by atoms with Gasteiger partial charge in [0.05, 0.1) is 4.90 Å². The Morgan fingerprint density at radius 2 is 2.04 bits per heavy atom. The molecule has 1 aliphatic heterocycles.